The third-order valence-electron chi connectivity index (χ3n) is 2.68. The minimum atomic E-state index is 0.0936. The lowest BCUT2D eigenvalue weighted by atomic mass is 9.90. The fourth-order valence-electron chi connectivity index (χ4n) is 1.55. The number of aliphatic hydroxyl groups is 1. The number of hydrogen-bond acceptors (Lipinski definition) is 4. The van der Waals surface area contributed by atoms with Crippen molar-refractivity contribution in [3.63, 3.8) is 0 Å². The number of aliphatic hydroxyl groups excluding tert-OH is 1. The summed E-state index contributed by atoms with van der Waals surface area (Å²) in [5.41, 5.74) is 1.15. The van der Waals surface area contributed by atoms with Crippen LogP contribution in [0.3, 0.4) is 0 Å². The van der Waals surface area contributed by atoms with Gasteiger partial charge in [0.25, 0.3) is 0 Å². The topological polar surface area (TPSA) is 57.2 Å². The van der Waals surface area contributed by atoms with Gasteiger partial charge in [0, 0.05) is 37.6 Å². The molecule has 1 aromatic rings. The molecule has 0 fully saturated rings. The van der Waals surface area contributed by atoms with Crippen LogP contribution in [0.4, 0.5) is 11.5 Å². The molecule has 0 aliphatic carbocycles. The van der Waals surface area contributed by atoms with Crippen LogP contribution in [0.1, 0.15) is 27.2 Å². The highest BCUT2D eigenvalue weighted by Crippen LogP contribution is 2.21. The van der Waals surface area contributed by atoms with Gasteiger partial charge in [0.05, 0.1) is 0 Å². The molecule has 0 aliphatic rings. The summed E-state index contributed by atoms with van der Waals surface area (Å²) in [6.07, 6.45) is 2.59. The van der Waals surface area contributed by atoms with Gasteiger partial charge in [-0.3, -0.25) is 0 Å². The Balaban J connectivity index is 2.53. The molecular weight excluding hydrogens is 214 g/mol. The molecule has 0 atom stereocenters. The summed E-state index contributed by atoms with van der Waals surface area (Å²) in [6.45, 7) is 8.26. The Labute approximate surface area is 103 Å². The first-order valence-corrected chi connectivity index (χ1v) is 6.12. The molecule has 17 heavy (non-hydrogen) atoms. The average Bonchev–Trinajstić information content (AvgIpc) is 2.28. The Morgan fingerprint density at radius 2 is 2.12 bits per heavy atom. The highest BCUT2D eigenvalue weighted by molar-refractivity contribution is 5.51. The number of hydrogen-bond donors (Lipinski definition) is 3. The van der Waals surface area contributed by atoms with Crippen LogP contribution in [0.2, 0.25) is 0 Å². The SMILES string of the molecule is CCNc1cc(NCC(C)(C)CCO)ccn1. The Morgan fingerprint density at radius 1 is 1.35 bits per heavy atom. The van der Waals surface area contributed by atoms with E-state index in [0.29, 0.717) is 0 Å². The van der Waals surface area contributed by atoms with Gasteiger partial charge in [-0.15, -0.1) is 0 Å². The number of pyridine rings is 1. The van der Waals surface area contributed by atoms with E-state index in [1.807, 2.05) is 19.1 Å². The zero-order chi connectivity index (χ0) is 12.7. The maximum Gasteiger partial charge on any atom is 0.127 e. The summed E-state index contributed by atoms with van der Waals surface area (Å²) < 4.78 is 0. The summed E-state index contributed by atoms with van der Waals surface area (Å²) in [7, 11) is 0. The highest BCUT2D eigenvalue weighted by atomic mass is 16.3. The molecular formula is C13H23N3O. The first-order chi connectivity index (χ1) is 8.07. The van der Waals surface area contributed by atoms with Crippen LogP contribution in [-0.2, 0) is 0 Å². The molecule has 0 radical (unpaired) electrons. The van der Waals surface area contributed by atoms with Gasteiger partial charge in [-0.25, -0.2) is 4.98 Å². The van der Waals surface area contributed by atoms with E-state index in [-0.39, 0.29) is 12.0 Å². The summed E-state index contributed by atoms with van der Waals surface area (Å²) in [4.78, 5) is 4.22. The van der Waals surface area contributed by atoms with Crippen molar-refractivity contribution >= 4 is 11.5 Å². The van der Waals surface area contributed by atoms with Crippen molar-refractivity contribution in [3.05, 3.63) is 18.3 Å². The van der Waals surface area contributed by atoms with Gasteiger partial charge in [0.2, 0.25) is 0 Å². The number of aromatic nitrogens is 1. The van der Waals surface area contributed by atoms with E-state index in [1.165, 1.54) is 0 Å². The first kappa shape index (κ1) is 13.8. The predicted octanol–water partition coefficient (Wildman–Crippen LogP) is 2.33. The smallest absolute Gasteiger partial charge is 0.127 e. The van der Waals surface area contributed by atoms with Crippen molar-refractivity contribution in [2.24, 2.45) is 5.41 Å². The predicted molar refractivity (Wildman–Crippen MR) is 72.4 cm³/mol. The normalized spacial score (nSPS) is 11.3. The molecule has 96 valence electrons. The molecule has 0 aliphatic heterocycles. The lowest BCUT2D eigenvalue weighted by Crippen LogP contribution is -2.24. The van der Waals surface area contributed by atoms with Crippen LogP contribution < -0.4 is 10.6 Å². The van der Waals surface area contributed by atoms with Crippen molar-refractivity contribution in [3.8, 4) is 0 Å². The standard InChI is InChI=1S/C13H23N3O/c1-4-14-12-9-11(5-7-15-12)16-10-13(2,3)6-8-17/h5,7,9,17H,4,6,8,10H2,1-3H3,(H2,14,15,16). The van der Waals surface area contributed by atoms with E-state index < -0.39 is 0 Å². The van der Waals surface area contributed by atoms with Gasteiger partial charge >= 0.3 is 0 Å². The Bertz CT molecular complexity index is 339. The largest absolute Gasteiger partial charge is 0.396 e. The fourth-order valence-corrected chi connectivity index (χ4v) is 1.55. The molecule has 4 nitrogen and oxygen atoms in total. The third-order valence-corrected chi connectivity index (χ3v) is 2.68. The second kappa shape index (κ2) is 6.45. The van der Waals surface area contributed by atoms with Gasteiger partial charge in [-0.05, 0) is 24.8 Å². The molecule has 0 unspecified atom stereocenters. The molecule has 0 bridgehead atoms. The van der Waals surface area contributed by atoms with Crippen molar-refractivity contribution in [1.29, 1.82) is 0 Å². The van der Waals surface area contributed by atoms with Crippen LogP contribution in [0.5, 0.6) is 0 Å². The van der Waals surface area contributed by atoms with E-state index in [1.54, 1.807) is 6.20 Å². The lowest BCUT2D eigenvalue weighted by molar-refractivity contribution is 0.220. The summed E-state index contributed by atoms with van der Waals surface area (Å²) >= 11 is 0. The molecule has 0 saturated carbocycles. The Kier molecular flexibility index (Phi) is 5.22. The van der Waals surface area contributed by atoms with Gasteiger partial charge in [-0.2, -0.15) is 0 Å². The first-order valence-electron chi connectivity index (χ1n) is 6.12. The number of anilines is 2. The van der Waals surface area contributed by atoms with Gasteiger partial charge in [0.1, 0.15) is 5.82 Å². The van der Waals surface area contributed by atoms with Crippen LogP contribution >= 0.6 is 0 Å². The van der Waals surface area contributed by atoms with Crippen molar-refractivity contribution in [1.82, 2.24) is 4.98 Å². The average molecular weight is 237 g/mol. The maximum absolute atomic E-state index is 8.97. The van der Waals surface area contributed by atoms with Crippen LogP contribution in [0, 0.1) is 5.41 Å². The van der Waals surface area contributed by atoms with Crippen LogP contribution in [0.25, 0.3) is 0 Å². The Morgan fingerprint density at radius 3 is 2.76 bits per heavy atom. The van der Waals surface area contributed by atoms with E-state index >= 15 is 0 Å². The number of nitrogens with zero attached hydrogens (tertiary/aromatic N) is 1. The lowest BCUT2D eigenvalue weighted by Gasteiger charge is -2.24. The molecule has 4 heteroatoms. The minimum absolute atomic E-state index is 0.0936. The molecule has 0 spiro atoms. The Hall–Kier alpha value is -1.29. The quantitative estimate of drug-likeness (QED) is 0.681. The monoisotopic (exact) mass is 237 g/mol. The van der Waals surface area contributed by atoms with Crippen molar-refractivity contribution in [2.75, 3.05) is 30.3 Å². The molecule has 1 rings (SSSR count). The van der Waals surface area contributed by atoms with Gasteiger partial charge in [0.15, 0.2) is 0 Å². The fraction of sp³-hybridized carbons (Fsp3) is 0.615. The van der Waals surface area contributed by atoms with Crippen LogP contribution in [0.15, 0.2) is 18.3 Å². The van der Waals surface area contributed by atoms with E-state index in [2.05, 4.69) is 29.5 Å². The second-order valence-corrected chi connectivity index (χ2v) is 4.95. The van der Waals surface area contributed by atoms with Gasteiger partial charge < -0.3 is 15.7 Å². The molecule has 0 aromatic carbocycles. The van der Waals surface area contributed by atoms with E-state index in [4.69, 9.17) is 5.11 Å². The summed E-state index contributed by atoms with van der Waals surface area (Å²) in [6, 6.07) is 3.95. The highest BCUT2D eigenvalue weighted by Gasteiger charge is 2.16. The zero-order valence-corrected chi connectivity index (χ0v) is 11.0. The number of rotatable bonds is 7. The number of nitrogens with one attached hydrogen (secondary N) is 2. The molecule has 1 aromatic heterocycles. The van der Waals surface area contributed by atoms with E-state index in [9.17, 15) is 0 Å². The molecule has 0 saturated heterocycles. The molecule has 0 amide bonds. The van der Waals surface area contributed by atoms with Crippen molar-refractivity contribution in [2.45, 2.75) is 27.2 Å². The molecule has 3 N–H and O–H groups in total. The van der Waals surface area contributed by atoms with Crippen LogP contribution in [-0.4, -0.2) is 29.8 Å². The van der Waals surface area contributed by atoms with E-state index in [0.717, 1.165) is 31.0 Å². The maximum atomic E-state index is 8.97. The van der Waals surface area contributed by atoms with Gasteiger partial charge in [-0.1, -0.05) is 13.8 Å². The summed E-state index contributed by atoms with van der Waals surface area (Å²) in [5.74, 6) is 0.887. The third kappa shape index (κ3) is 5.04. The molecule has 1 heterocycles. The minimum Gasteiger partial charge on any atom is -0.396 e. The second-order valence-electron chi connectivity index (χ2n) is 4.95. The zero-order valence-electron chi connectivity index (χ0n) is 11.0. The van der Waals surface area contributed by atoms with Crippen molar-refractivity contribution < 1.29 is 5.11 Å². The summed E-state index contributed by atoms with van der Waals surface area (Å²) in [5, 5.41) is 15.5.